The molecule has 1 atom stereocenters. The van der Waals surface area contributed by atoms with Gasteiger partial charge < -0.3 is 5.32 Å². The molecular weight excluding hydrogens is 324 g/mol. The van der Waals surface area contributed by atoms with Crippen molar-refractivity contribution in [2.45, 2.75) is 25.3 Å². The molecule has 0 aromatic heterocycles. The third-order valence-electron chi connectivity index (χ3n) is 4.14. The van der Waals surface area contributed by atoms with Crippen LogP contribution in [0.5, 0.6) is 0 Å². The van der Waals surface area contributed by atoms with E-state index < -0.39 is 10.0 Å². The van der Waals surface area contributed by atoms with Crippen molar-refractivity contribution in [3.8, 4) is 0 Å². The fraction of sp³-hybridized carbons (Fsp3) is 0.278. The molecule has 0 aliphatic heterocycles. The molecule has 0 unspecified atom stereocenters. The van der Waals surface area contributed by atoms with Crippen molar-refractivity contribution in [2.75, 3.05) is 11.0 Å². The third kappa shape index (κ3) is 3.76. The minimum Gasteiger partial charge on any atom is -0.345 e. The summed E-state index contributed by atoms with van der Waals surface area (Å²) in [5.74, 6) is -0.275. The van der Waals surface area contributed by atoms with Gasteiger partial charge in [0, 0.05) is 0 Å². The van der Waals surface area contributed by atoms with Crippen LogP contribution in [0.2, 0.25) is 0 Å². The number of carbonyl (C=O) groups excluding carboxylic acids is 1. The fourth-order valence-electron chi connectivity index (χ4n) is 3.11. The summed E-state index contributed by atoms with van der Waals surface area (Å²) in [5, 5.41) is 3.04. The monoisotopic (exact) mass is 344 g/mol. The molecule has 2 aromatic rings. The van der Waals surface area contributed by atoms with Crippen LogP contribution in [0.15, 0.2) is 48.5 Å². The highest BCUT2D eigenvalue weighted by molar-refractivity contribution is 7.92. The van der Waals surface area contributed by atoms with Crippen LogP contribution in [0.3, 0.4) is 0 Å². The van der Waals surface area contributed by atoms with E-state index in [1.54, 1.807) is 24.3 Å². The van der Waals surface area contributed by atoms with E-state index in [1.807, 2.05) is 18.2 Å². The van der Waals surface area contributed by atoms with E-state index in [4.69, 9.17) is 0 Å². The van der Waals surface area contributed by atoms with Gasteiger partial charge in [0.2, 0.25) is 10.0 Å². The minimum absolute atomic E-state index is 0.0475. The number of nitrogens with one attached hydrogen (secondary N) is 2. The van der Waals surface area contributed by atoms with Gasteiger partial charge in [0.05, 0.1) is 23.5 Å². The number of para-hydroxylation sites is 1. The van der Waals surface area contributed by atoms with Gasteiger partial charge in [-0.05, 0) is 42.5 Å². The molecule has 0 fully saturated rings. The topological polar surface area (TPSA) is 75.3 Å². The number of amides is 1. The van der Waals surface area contributed by atoms with Crippen LogP contribution in [0.25, 0.3) is 0 Å². The number of carbonyl (C=O) groups is 1. The Balaban J connectivity index is 1.84. The first kappa shape index (κ1) is 16.5. The predicted octanol–water partition coefficient (Wildman–Crippen LogP) is 2.87. The van der Waals surface area contributed by atoms with Gasteiger partial charge in [0.25, 0.3) is 5.91 Å². The SMILES string of the molecule is CS(=O)(=O)Nc1ccccc1C(=O)N[C@H]1CCCc2ccccc21. The van der Waals surface area contributed by atoms with Gasteiger partial charge >= 0.3 is 0 Å². The molecule has 0 spiro atoms. The van der Waals surface area contributed by atoms with E-state index in [0.717, 1.165) is 31.1 Å². The molecule has 2 aromatic carbocycles. The lowest BCUT2D eigenvalue weighted by Gasteiger charge is -2.26. The molecule has 6 heteroatoms. The lowest BCUT2D eigenvalue weighted by molar-refractivity contribution is 0.0933. The van der Waals surface area contributed by atoms with Crippen LogP contribution in [0, 0.1) is 0 Å². The van der Waals surface area contributed by atoms with Gasteiger partial charge in [-0.1, -0.05) is 36.4 Å². The number of fused-ring (bicyclic) bond motifs is 1. The van der Waals surface area contributed by atoms with Crippen LogP contribution in [-0.4, -0.2) is 20.6 Å². The molecule has 0 saturated heterocycles. The molecule has 3 rings (SSSR count). The van der Waals surface area contributed by atoms with E-state index in [1.165, 1.54) is 5.56 Å². The molecule has 1 aliphatic rings. The van der Waals surface area contributed by atoms with Crippen molar-refractivity contribution >= 4 is 21.6 Å². The van der Waals surface area contributed by atoms with Gasteiger partial charge in [0.1, 0.15) is 0 Å². The second kappa shape index (κ2) is 6.65. The van der Waals surface area contributed by atoms with Crippen molar-refractivity contribution in [2.24, 2.45) is 0 Å². The van der Waals surface area contributed by atoms with Gasteiger partial charge in [-0.2, -0.15) is 0 Å². The molecular formula is C18H20N2O3S. The summed E-state index contributed by atoms with van der Waals surface area (Å²) in [5.41, 5.74) is 3.02. The fourth-order valence-corrected chi connectivity index (χ4v) is 3.69. The first-order valence-corrected chi connectivity index (χ1v) is 9.79. The number of hydrogen-bond acceptors (Lipinski definition) is 3. The van der Waals surface area contributed by atoms with Crippen molar-refractivity contribution in [3.63, 3.8) is 0 Å². The van der Waals surface area contributed by atoms with Gasteiger partial charge in [0.15, 0.2) is 0 Å². The Bertz CT molecular complexity index is 862. The third-order valence-corrected chi connectivity index (χ3v) is 4.73. The van der Waals surface area contributed by atoms with Crippen molar-refractivity contribution in [3.05, 3.63) is 65.2 Å². The highest BCUT2D eigenvalue weighted by Gasteiger charge is 2.23. The summed E-state index contributed by atoms with van der Waals surface area (Å²) in [7, 11) is -3.44. The summed E-state index contributed by atoms with van der Waals surface area (Å²) in [4.78, 5) is 12.7. The number of rotatable bonds is 4. The second-order valence-electron chi connectivity index (χ2n) is 6.04. The van der Waals surface area contributed by atoms with Crippen LogP contribution < -0.4 is 10.0 Å². The largest absolute Gasteiger partial charge is 0.345 e. The average molecular weight is 344 g/mol. The van der Waals surface area contributed by atoms with Crippen LogP contribution >= 0.6 is 0 Å². The first-order valence-electron chi connectivity index (χ1n) is 7.89. The van der Waals surface area contributed by atoms with Crippen molar-refractivity contribution < 1.29 is 13.2 Å². The molecule has 0 heterocycles. The molecule has 5 nitrogen and oxygen atoms in total. The number of hydrogen-bond donors (Lipinski definition) is 2. The Hall–Kier alpha value is -2.34. The predicted molar refractivity (Wildman–Crippen MR) is 94.5 cm³/mol. The zero-order chi connectivity index (χ0) is 17.2. The standard InChI is InChI=1S/C18H20N2O3S/c1-24(22,23)20-17-11-5-4-10-15(17)18(21)19-16-12-6-8-13-7-2-3-9-14(13)16/h2-5,7,9-11,16,20H,6,8,12H2,1H3,(H,19,21)/t16-/m0/s1. The van der Waals surface area contributed by atoms with E-state index in [0.29, 0.717) is 11.3 Å². The molecule has 1 amide bonds. The smallest absolute Gasteiger partial charge is 0.253 e. The Kier molecular flexibility index (Phi) is 4.57. The highest BCUT2D eigenvalue weighted by atomic mass is 32.2. The summed E-state index contributed by atoms with van der Waals surface area (Å²) in [6.07, 6.45) is 3.99. The normalized spacial score (nSPS) is 17.0. The highest BCUT2D eigenvalue weighted by Crippen LogP contribution is 2.30. The maximum atomic E-state index is 12.7. The van der Waals surface area contributed by atoms with E-state index in [2.05, 4.69) is 16.1 Å². The Morgan fingerprint density at radius 3 is 2.58 bits per heavy atom. The van der Waals surface area contributed by atoms with Crippen molar-refractivity contribution in [1.82, 2.24) is 5.32 Å². The van der Waals surface area contributed by atoms with E-state index in [9.17, 15) is 13.2 Å². The van der Waals surface area contributed by atoms with Crippen LogP contribution in [0.4, 0.5) is 5.69 Å². The second-order valence-corrected chi connectivity index (χ2v) is 7.79. The van der Waals surface area contributed by atoms with Crippen LogP contribution in [-0.2, 0) is 16.4 Å². The molecule has 0 radical (unpaired) electrons. The van der Waals surface area contributed by atoms with E-state index >= 15 is 0 Å². The maximum absolute atomic E-state index is 12.7. The lowest BCUT2D eigenvalue weighted by Crippen LogP contribution is -2.31. The van der Waals surface area contributed by atoms with Crippen LogP contribution in [0.1, 0.15) is 40.4 Å². The van der Waals surface area contributed by atoms with E-state index in [-0.39, 0.29) is 11.9 Å². The zero-order valence-corrected chi connectivity index (χ0v) is 14.3. The average Bonchev–Trinajstić information content (AvgIpc) is 2.54. The number of sulfonamides is 1. The molecule has 0 bridgehead atoms. The lowest BCUT2D eigenvalue weighted by atomic mass is 9.87. The summed E-state index contributed by atoms with van der Waals surface area (Å²) in [6.45, 7) is 0. The summed E-state index contributed by atoms with van der Waals surface area (Å²) < 4.78 is 25.4. The maximum Gasteiger partial charge on any atom is 0.253 e. The quantitative estimate of drug-likeness (QED) is 0.895. The molecule has 24 heavy (non-hydrogen) atoms. The minimum atomic E-state index is -3.44. The Labute approximate surface area is 142 Å². The Morgan fingerprint density at radius 1 is 1.08 bits per heavy atom. The summed E-state index contributed by atoms with van der Waals surface area (Å²) in [6, 6.07) is 14.7. The first-order chi connectivity index (χ1) is 11.4. The molecule has 0 saturated carbocycles. The zero-order valence-electron chi connectivity index (χ0n) is 13.5. The Morgan fingerprint density at radius 2 is 1.79 bits per heavy atom. The molecule has 1 aliphatic carbocycles. The number of benzene rings is 2. The number of anilines is 1. The molecule has 126 valence electrons. The van der Waals surface area contributed by atoms with Gasteiger partial charge in [-0.3, -0.25) is 9.52 Å². The summed E-state index contributed by atoms with van der Waals surface area (Å²) >= 11 is 0. The number of aryl methyl sites for hydroxylation is 1. The van der Waals surface area contributed by atoms with Crippen molar-refractivity contribution in [1.29, 1.82) is 0 Å². The van der Waals surface area contributed by atoms with Gasteiger partial charge in [-0.25, -0.2) is 8.42 Å². The van der Waals surface area contributed by atoms with Gasteiger partial charge in [-0.15, -0.1) is 0 Å². The molecule has 2 N–H and O–H groups in total.